The van der Waals surface area contributed by atoms with E-state index in [4.69, 9.17) is 4.74 Å². The third-order valence-corrected chi connectivity index (χ3v) is 5.56. The summed E-state index contributed by atoms with van der Waals surface area (Å²) in [5.41, 5.74) is 0. The first kappa shape index (κ1) is 15.5. The maximum atomic E-state index is 5.31. The summed E-state index contributed by atoms with van der Waals surface area (Å²) in [5.74, 6) is 0.966. The standard InChI is InChI=1S/C16H23NOS2/c1-4-8-17-15(16-9-12(18-3)11-19-16)10-14-7-6-13(5-2)20-14/h6-7,9,11,15,17H,4-5,8,10H2,1-3H3. The van der Waals surface area contributed by atoms with Crippen LogP contribution in [0.1, 0.15) is 40.9 Å². The molecule has 2 aromatic rings. The van der Waals surface area contributed by atoms with Crippen molar-refractivity contribution in [2.45, 2.75) is 39.2 Å². The van der Waals surface area contributed by atoms with Crippen molar-refractivity contribution in [3.63, 3.8) is 0 Å². The molecule has 0 aromatic carbocycles. The van der Waals surface area contributed by atoms with Crippen molar-refractivity contribution in [1.29, 1.82) is 0 Å². The Balaban J connectivity index is 2.09. The minimum absolute atomic E-state index is 0.396. The summed E-state index contributed by atoms with van der Waals surface area (Å²) < 4.78 is 5.31. The Bertz CT molecular complexity index is 518. The van der Waals surface area contributed by atoms with Crippen molar-refractivity contribution in [1.82, 2.24) is 5.32 Å². The Hall–Kier alpha value is -0.840. The summed E-state index contributed by atoms with van der Waals surface area (Å²) in [4.78, 5) is 4.29. The van der Waals surface area contributed by atoms with Crippen molar-refractivity contribution in [3.05, 3.63) is 38.2 Å². The van der Waals surface area contributed by atoms with E-state index in [0.29, 0.717) is 6.04 Å². The summed E-state index contributed by atoms with van der Waals surface area (Å²) in [6, 6.07) is 7.08. The van der Waals surface area contributed by atoms with Gasteiger partial charge in [0.1, 0.15) is 5.75 Å². The van der Waals surface area contributed by atoms with E-state index in [0.717, 1.165) is 31.6 Å². The van der Waals surface area contributed by atoms with Gasteiger partial charge in [0.15, 0.2) is 0 Å². The average molecular weight is 310 g/mol. The lowest BCUT2D eigenvalue weighted by atomic mass is 10.1. The third kappa shape index (κ3) is 4.08. The lowest BCUT2D eigenvalue weighted by molar-refractivity contribution is 0.415. The zero-order valence-electron chi connectivity index (χ0n) is 12.4. The van der Waals surface area contributed by atoms with E-state index in [9.17, 15) is 0 Å². The molecule has 1 atom stereocenters. The summed E-state index contributed by atoms with van der Waals surface area (Å²) in [5, 5.41) is 5.75. The molecule has 0 bridgehead atoms. The van der Waals surface area contributed by atoms with Crippen LogP contribution >= 0.6 is 22.7 Å². The molecule has 0 spiro atoms. The molecule has 4 heteroatoms. The van der Waals surface area contributed by atoms with Crippen molar-refractivity contribution < 1.29 is 4.74 Å². The van der Waals surface area contributed by atoms with Crippen LogP contribution in [-0.2, 0) is 12.8 Å². The van der Waals surface area contributed by atoms with Gasteiger partial charge in [-0.3, -0.25) is 0 Å². The Morgan fingerprint density at radius 3 is 2.65 bits per heavy atom. The van der Waals surface area contributed by atoms with E-state index < -0.39 is 0 Å². The number of methoxy groups -OCH3 is 1. The van der Waals surface area contributed by atoms with Gasteiger partial charge in [-0.1, -0.05) is 13.8 Å². The Morgan fingerprint density at radius 2 is 2.05 bits per heavy atom. The van der Waals surface area contributed by atoms with E-state index in [2.05, 4.69) is 42.7 Å². The van der Waals surface area contributed by atoms with Gasteiger partial charge in [0, 0.05) is 32.5 Å². The molecule has 2 rings (SSSR count). The molecule has 0 amide bonds. The topological polar surface area (TPSA) is 21.3 Å². The molecule has 110 valence electrons. The maximum absolute atomic E-state index is 5.31. The largest absolute Gasteiger partial charge is 0.496 e. The highest BCUT2D eigenvalue weighted by molar-refractivity contribution is 7.12. The van der Waals surface area contributed by atoms with Gasteiger partial charge in [-0.05, 0) is 37.6 Å². The predicted molar refractivity (Wildman–Crippen MR) is 89.3 cm³/mol. The number of ether oxygens (including phenoxy) is 1. The molecular weight excluding hydrogens is 286 g/mol. The van der Waals surface area contributed by atoms with E-state index >= 15 is 0 Å². The Morgan fingerprint density at radius 1 is 1.25 bits per heavy atom. The molecule has 2 nitrogen and oxygen atoms in total. The molecule has 1 N–H and O–H groups in total. The lowest BCUT2D eigenvalue weighted by Crippen LogP contribution is -2.22. The predicted octanol–water partition coefficient (Wildman–Crippen LogP) is 4.66. The third-order valence-electron chi connectivity index (χ3n) is 3.29. The van der Waals surface area contributed by atoms with Crippen LogP contribution in [0.25, 0.3) is 0 Å². The average Bonchev–Trinajstić information content (AvgIpc) is 3.12. The first-order valence-corrected chi connectivity index (χ1v) is 8.89. The fourth-order valence-corrected chi connectivity index (χ4v) is 4.07. The van der Waals surface area contributed by atoms with Crippen molar-refractivity contribution in [2.24, 2.45) is 0 Å². The SMILES string of the molecule is CCCNC(Cc1ccc(CC)s1)c1cc(OC)cs1. The lowest BCUT2D eigenvalue weighted by Gasteiger charge is -2.16. The van der Waals surface area contributed by atoms with Gasteiger partial charge in [0.25, 0.3) is 0 Å². The normalized spacial score (nSPS) is 12.6. The van der Waals surface area contributed by atoms with Crippen LogP contribution in [0.3, 0.4) is 0 Å². The van der Waals surface area contributed by atoms with Gasteiger partial charge in [0.2, 0.25) is 0 Å². The molecular formula is C16H23NOS2. The Kier molecular flexibility index (Phi) is 6.07. The van der Waals surface area contributed by atoms with E-state index in [1.807, 2.05) is 11.3 Å². The van der Waals surface area contributed by atoms with Gasteiger partial charge in [-0.25, -0.2) is 0 Å². The van der Waals surface area contributed by atoms with Crippen LogP contribution in [0.15, 0.2) is 23.6 Å². The number of aryl methyl sites for hydroxylation is 1. The van der Waals surface area contributed by atoms with Crippen molar-refractivity contribution in [3.8, 4) is 5.75 Å². The molecule has 0 aliphatic heterocycles. The smallest absolute Gasteiger partial charge is 0.129 e. The Labute approximate surface area is 129 Å². The second kappa shape index (κ2) is 7.81. The highest BCUT2D eigenvalue weighted by Crippen LogP contribution is 2.30. The summed E-state index contributed by atoms with van der Waals surface area (Å²) in [6.07, 6.45) is 3.35. The fourth-order valence-electron chi connectivity index (χ4n) is 2.14. The monoisotopic (exact) mass is 309 g/mol. The summed E-state index contributed by atoms with van der Waals surface area (Å²) in [6.45, 7) is 5.48. The second-order valence-electron chi connectivity index (χ2n) is 4.82. The quantitative estimate of drug-likeness (QED) is 0.765. The van der Waals surface area contributed by atoms with E-state index in [1.165, 1.54) is 14.6 Å². The number of rotatable bonds is 8. The van der Waals surface area contributed by atoms with E-state index in [-0.39, 0.29) is 0 Å². The van der Waals surface area contributed by atoms with Gasteiger partial charge >= 0.3 is 0 Å². The molecule has 20 heavy (non-hydrogen) atoms. The molecule has 2 aromatic heterocycles. The highest BCUT2D eigenvalue weighted by Gasteiger charge is 2.15. The first-order valence-electron chi connectivity index (χ1n) is 7.20. The van der Waals surface area contributed by atoms with Crippen LogP contribution in [0.4, 0.5) is 0 Å². The summed E-state index contributed by atoms with van der Waals surface area (Å²) >= 11 is 3.72. The number of hydrogen-bond acceptors (Lipinski definition) is 4. The van der Waals surface area contributed by atoms with Crippen LogP contribution in [0.5, 0.6) is 5.75 Å². The van der Waals surface area contributed by atoms with Crippen LogP contribution in [0, 0.1) is 0 Å². The molecule has 0 aliphatic carbocycles. The minimum atomic E-state index is 0.396. The number of thiophene rings is 2. The van der Waals surface area contributed by atoms with Gasteiger partial charge in [0.05, 0.1) is 7.11 Å². The van der Waals surface area contributed by atoms with Gasteiger partial charge < -0.3 is 10.1 Å². The molecule has 0 radical (unpaired) electrons. The maximum Gasteiger partial charge on any atom is 0.129 e. The molecule has 0 aliphatic rings. The second-order valence-corrected chi connectivity index (χ2v) is 7.02. The van der Waals surface area contributed by atoms with Crippen LogP contribution in [-0.4, -0.2) is 13.7 Å². The van der Waals surface area contributed by atoms with E-state index in [1.54, 1.807) is 18.4 Å². The number of hydrogen-bond donors (Lipinski definition) is 1. The first-order chi connectivity index (χ1) is 9.76. The minimum Gasteiger partial charge on any atom is -0.496 e. The highest BCUT2D eigenvalue weighted by atomic mass is 32.1. The molecule has 1 unspecified atom stereocenters. The van der Waals surface area contributed by atoms with Crippen LogP contribution < -0.4 is 10.1 Å². The zero-order chi connectivity index (χ0) is 14.4. The van der Waals surface area contributed by atoms with Gasteiger partial charge in [-0.2, -0.15) is 0 Å². The molecule has 0 saturated heterocycles. The fraction of sp³-hybridized carbons (Fsp3) is 0.500. The molecule has 0 saturated carbocycles. The molecule has 2 heterocycles. The number of nitrogens with one attached hydrogen (secondary N) is 1. The van der Waals surface area contributed by atoms with Crippen molar-refractivity contribution >= 4 is 22.7 Å². The summed E-state index contributed by atoms with van der Waals surface area (Å²) in [7, 11) is 1.73. The van der Waals surface area contributed by atoms with Crippen LogP contribution in [0.2, 0.25) is 0 Å². The van der Waals surface area contributed by atoms with Crippen molar-refractivity contribution in [2.75, 3.05) is 13.7 Å². The van der Waals surface area contributed by atoms with Gasteiger partial charge in [-0.15, -0.1) is 22.7 Å². The molecule has 0 fully saturated rings. The zero-order valence-corrected chi connectivity index (χ0v) is 14.1.